The smallest absolute Gasteiger partial charge is 0.321 e. The van der Waals surface area contributed by atoms with E-state index in [1.165, 1.54) is 11.9 Å². The van der Waals surface area contributed by atoms with Gasteiger partial charge in [0, 0.05) is 19.5 Å². The molecule has 0 heterocycles. The molecule has 0 aliphatic heterocycles. The summed E-state index contributed by atoms with van der Waals surface area (Å²) < 4.78 is 0. The highest BCUT2D eigenvalue weighted by Crippen LogP contribution is 2.18. The Kier molecular flexibility index (Phi) is 9.46. The maximum atomic E-state index is 11.4. The lowest BCUT2D eigenvalue weighted by Gasteiger charge is -2.31. The van der Waals surface area contributed by atoms with Gasteiger partial charge in [-0.3, -0.25) is 19.4 Å². The molecule has 0 saturated carbocycles. The lowest BCUT2D eigenvalue weighted by molar-refractivity contribution is -0.149. The molecule has 0 saturated heterocycles. The van der Waals surface area contributed by atoms with E-state index in [9.17, 15) is 24.9 Å². The van der Waals surface area contributed by atoms with Crippen LogP contribution in [0.1, 0.15) is 24.0 Å². The van der Waals surface area contributed by atoms with Crippen LogP contribution >= 0.6 is 0 Å². The van der Waals surface area contributed by atoms with Crippen LogP contribution in [0.25, 0.3) is 0 Å². The van der Waals surface area contributed by atoms with E-state index >= 15 is 0 Å². The van der Waals surface area contributed by atoms with Gasteiger partial charge in [0.2, 0.25) is 0 Å². The molecular weight excluding hydrogens is 372 g/mol. The predicted octanol–water partition coefficient (Wildman–Crippen LogP) is -1.14. The van der Waals surface area contributed by atoms with Gasteiger partial charge in [-0.1, -0.05) is 24.3 Å². The summed E-state index contributed by atoms with van der Waals surface area (Å²) in [7, 11) is 3.11. The van der Waals surface area contributed by atoms with Gasteiger partial charge in [-0.15, -0.1) is 0 Å². The van der Waals surface area contributed by atoms with E-state index in [0.29, 0.717) is 0 Å². The van der Waals surface area contributed by atoms with E-state index in [4.69, 9.17) is 15.3 Å². The second-order valence-corrected chi connectivity index (χ2v) is 6.75. The summed E-state index contributed by atoms with van der Waals surface area (Å²) in [6, 6.07) is 4.96. The number of aliphatic hydroxyl groups is 4. The van der Waals surface area contributed by atoms with Crippen LogP contribution in [-0.4, -0.2) is 91.1 Å². The molecule has 0 fully saturated rings. The molecule has 0 aliphatic carbocycles. The van der Waals surface area contributed by atoms with Crippen LogP contribution in [0.4, 0.5) is 0 Å². The Morgan fingerprint density at radius 3 is 1.82 bits per heavy atom. The first-order valence-electron chi connectivity index (χ1n) is 8.67. The SMILES string of the molecule is CN(Cc1ccccc1CN(C)C(CC(O)O)C(O)O)C(CC(=O)O)C(=O)O. The maximum Gasteiger partial charge on any atom is 0.321 e. The third-order valence-corrected chi connectivity index (χ3v) is 4.51. The molecule has 1 rings (SSSR count). The topological polar surface area (TPSA) is 162 Å². The van der Waals surface area contributed by atoms with E-state index < -0.39 is 43.0 Å². The Morgan fingerprint density at radius 2 is 1.43 bits per heavy atom. The molecule has 10 heteroatoms. The van der Waals surface area contributed by atoms with Gasteiger partial charge in [-0.05, 0) is 25.2 Å². The van der Waals surface area contributed by atoms with Crippen LogP contribution in [0.3, 0.4) is 0 Å². The number of likely N-dealkylation sites (N-methyl/N-ethyl adjacent to an activating group) is 2. The third kappa shape index (κ3) is 7.50. The zero-order chi connectivity index (χ0) is 21.4. The molecule has 6 N–H and O–H groups in total. The van der Waals surface area contributed by atoms with Crippen LogP contribution in [0.5, 0.6) is 0 Å². The first-order chi connectivity index (χ1) is 13.0. The number of aliphatic hydroxyl groups excluding tert-OH is 2. The molecule has 1 aromatic carbocycles. The van der Waals surface area contributed by atoms with Crippen LogP contribution in [-0.2, 0) is 22.7 Å². The van der Waals surface area contributed by atoms with Crippen molar-refractivity contribution in [1.82, 2.24) is 9.80 Å². The van der Waals surface area contributed by atoms with Crippen molar-refractivity contribution >= 4 is 11.9 Å². The Hall–Kier alpha value is -2.08. The van der Waals surface area contributed by atoms with Gasteiger partial charge in [-0.2, -0.15) is 0 Å². The molecule has 1 aromatic rings. The van der Waals surface area contributed by atoms with Crippen molar-refractivity contribution in [3.05, 3.63) is 35.4 Å². The molecule has 0 radical (unpaired) electrons. The molecule has 0 amide bonds. The highest BCUT2D eigenvalue weighted by molar-refractivity contribution is 5.80. The predicted molar refractivity (Wildman–Crippen MR) is 97.9 cm³/mol. The normalized spacial score (nSPS) is 14.1. The van der Waals surface area contributed by atoms with Gasteiger partial charge in [0.15, 0.2) is 12.6 Å². The number of nitrogens with zero attached hydrogens (tertiary/aromatic N) is 2. The Balaban J connectivity index is 2.97. The molecule has 2 atom stereocenters. The first kappa shape index (κ1) is 24.0. The second kappa shape index (κ2) is 11.1. The molecule has 0 aromatic heterocycles. The number of hydrogen-bond acceptors (Lipinski definition) is 8. The minimum Gasteiger partial charge on any atom is -0.481 e. The second-order valence-electron chi connectivity index (χ2n) is 6.75. The fourth-order valence-electron chi connectivity index (χ4n) is 2.97. The van der Waals surface area contributed by atoms with Crippen LogP contribution < -0.4 is 0 Å². The molecule has 0 bridgehead atoms. The number of carboxylic acids is 2. The lowest BCUT2D eigenvalue weighted by Crippen LogP contribution is -2.43. The summed E-state index contributed by atoms with van der Waals surface area (Å²) in [5.74, 6) is -2.45. The molecule has 158 valence electrons. The first-order valence-corrected chi connectivity index (χ1v) is 8.67. The number of aliphatic carboxylic acids is 2. The summed E-state index contributed by atoms with van der Waals surface area (Å²) in [6.07, 6.45) is -4.30. The molecule has 0 aliphatic rings. The fraction of sp³-hybridized carbons (Fsp3) is 0.556. The van der Waals surface area contributed by atoms with E-state index in [0.717, 1.165) is 11.1 Å². The van der Waals surface area contributed by atoms with Gasteiger partial charge in [0.05, 0.1) is 12.5 Å². The quantitative estimate of drug-likeness (QED) is 0.236. The standard InChI is InChI=1S/C18H28N2O8/c1-19(13(17(25)26)7-15(21)22)9-11-5-3-4-6-12(11)10-20(2)14(18(27)28)8-16(23)24/h3-6,13-15,17,21-22,25-26H,7-10H2,1-2H3,(H,23,24)(H,27,28). The summed E-state index contributed by atoms with van der Waals surface area (Å²) in [5, 5.41) is 55.5. The monoisotopic (exact) mass is 400 g/mol. The molecular formula is C18H28N2O8. The Labute approximate surface area is 162 Å². The summed E-state index contributed by atoms with van der Waals surface area (Å²) in [4.78, 5) is 25.3. The fourth-order valence-corrected chi connectivity index (χ4v) is 2.97. The van der Waals surface area contributed by atoms with Gasteiger partial charge in [0.1, 0.15) is 6.04 Å². The van der Waals surface area contributed by atoms with E-state index in [1.54, 1.807) is 36.2 Å². The zero-order valence-corrected chi connectivity index (χ0v) is 15.8. The van der Waals surface area contributed by atoms with E-state index in [-0.39, 0.29) is 19.5 Å². The summed E-state index contributed by atoms with van der Waals surface area (Å²) in [5.41, 5.74) is 1.50. The van der Waals surface area contributed by atoms with Crippen LogP contribution in [0.2, 0.25) is 0 Å². The van der Waals surface area contributed by atoms with Crippen molar-refractivity contribution in [3.8, 4) is 0 Å². The Morgan fingerprint density at radius 1 is 0.929 bits per heavy atom. The van der Waals surface area contributed by atoms with Crippen molar-refractivity contribution in [3.63, 3.8) is 0 Å². The summed E-state index contributed by atoms with van der Waals surface area (Å²) in [6.45, 7) is 0.402. The molecule has 2 unspecified atom stereocenters. The number of carboxylic acid groups (broad SMARTS) is 2. The van der Waals surface area contributed by atoms with Gasteiger partial charge < -0.3 is 30.6 Å². The largest absolute Gasteiger partial charge is 0.481 e. The van der Waals surface area contributed by atoms with Crippen LogP contribution in [0, 0.1) is 0 Å². The maximum absolute atomic E-state index is 11.4. The molecule has 28 heavy (non-hydrogen) atoms. The van der Waals surface area contributed by atoms with Crippen molar-refractivity contribution in [1.29, 1.82) is 0 Å². The van der Waals surface area contributed by atoms with Gasteiger partial charge >= 0.3 is 11.9 Å². The molecule has 0 spiro atoms. The van der Waals surface area contributed by atoms with Gasteiger partial charge in [-0.25, -0.2) is 0 Å². The lowest BCUT2D eigenvalue weighted by atomic mass is 10.0. The number of benzene rings is 1. The van der Waals surface area contributed by atoms with E-state index in [2.05, 4.69) is 0 Å². The van der Waals surface area contributed by atoms with E-state index in [1.807, 2.05) is 0 Å². The number of carbonyl (C=O) groups is 2. The highest BCUT2D eigenvalue weighted by Gasteiger charge is 2.27. The average Bonchev–Trinajstić information content (AvgIpc) is 2.58. The van der Waals surface area contributed by atoms with Crippen molar-refractivity contribution < 1.29 is 40.2 Å². The van der Waals surface area contributed by atoms with Gasteiger partial charge in [0.25, 0.3) is 0 Å². The third-order valence-electron chi connectivity index (χ3n) is 4.51. The van der Waals surface area contributed by atoms with Crippen molar-refractivity contribution in [2.24, 2.45) is 0 Å². The Bertz CT molecular complexity index is 652. The number of hydrogen-bond donors (Lipinski definition) is 6. The van der Waals surface area contributed by atoms with Crippen molar-refractivity contribution in [2.45, 2.75) is 50.6 Å². The highest BCUT2D eigenvalue weighted by atomic mass is 16.5. The van der Waals surface area contributed by atoms with Crippen LogP contribution in [0.15, 0.2) is 24.3 Å². The van der Waals surface area contributed by atoms with Crippen molar-refractivity contribution in [2.75, 3.05) is 14.1 Å². The zero-order valence-electron chi connectivity index (χ0n) is 15.8. The average molecular weight is 400 g/mol. The minimum atomic E-state index is -1.78. The molecule has 10 nitrogen and oxygen atoms in total. The summed E-state index contributed by atoms with van der Waals surface area (Å²) >= 11 is 0. The number of rotatable bonds is 12. The minimum absolute atomic E-state index is 0.170.